The van der Waals surface area contributed by atoms with Gasteiger partial charge in [-0.05, 0) is 0 Å². The molecule has 1 aromatic rings. The van der Waals surface area contributed by atoms with Gasteiger partial charge in [-0.3, -0.25) is 0 Å². The maximum atomic E-state index is 3.41. The fourth-order valence-electron chi connectivity index (χ4n) is 0.495. The first-order chi connectivity index (χ1) is 5.04. The van der Waals surface area contributed by atoms with Crippen molar-refractivity contribution in [2.24, 2.45) is 0 Å². The molecule has 0 spiro atoms. The molecule has 0 fully saturated rings. The van der Waals surface area contributed by atoms with Gasteiger partial charge in [0.25, 0.3) is 0 Å². The predicted molar refractivity (Wildman–Crippen MR) is 63.8 cm³/mol. The molecule has 0 aromatic heterocycles. The number of benzene rings is 1. The molecule has 0 atom stereocenters. The third-order valence-corrected chi connectivity index (χ3v) is 6.69. The molecule has 12 heavy (non-hydrogen) atoms. The third kappa shape index (κ3) is 3.13. The molecule has 0 aliphatic heterocycles. The summed E-state index contributed by atoms with van der Waals surface area (Å²) < 4.78 is 4.65. The van der Waals surface area contributed by atoms with Gasteiger partial charge in [-0.25, -0.2) is 0 Å². The van der Waals surface area contributed by atoms with Crippen LogP contribution >= 0.6 is 79.6 Å². The first-order valence-corrected chi connectivity index (χ1v) is 6.41. The molecule has 0 heterocycles. The zero-order valence-corrected chi connectivity index (χ0v) is 16.5. The van der Waals surface area contributed by atoms with Crippen molar-refractivity contribution in [3.05, 3.63) is 28.4 Å². The first kappa shape index (κ1) is 14.2. The molecule has 0 nitrogen and oxygen atoms in total. The van der Waals surface area contributed by atoms with Gasteiger partial charge in [0, 0.05) is 19.5 Å². The number of hydrogen-bond acceptors (Lipinski definition) is 0. The Bertz CT molecular complexity index is 272. The Balaban J connectivity index is 0.00000121. The quantitative estimate of drug-likeness (QED) is 0.183. The smallest absolute Gasteiger partial charge is 0 e. The van der Waals surface area contributed by atoms with E-state index in [4.69, 9.17) is 0 Å². The van der Waals surface area contributed by atoms with E-state index < -0.39 is 0 Å². The van der Waals surface area contributed by atoms with E-state index in [0.717, 1.165) is 22.4 Å². The van der Waals surface area contributed by atoms with Crippen molar-refractivity contribution < 1.29 is 19.5 Å². The Hall–Kier alpha value is 2.24. The maximum absolute atomic E-state index is 3.41. The van der Waals surface area contributed by atoms with Crippen LogP contribution in [0.3, 0.4) is 0 Å². The molecule has 0 aliphatic carbocycles. The van der Waals surface area contributed by atoms with Gasteiger partial charge in [0.1, 0.15) is 0 Å². The van der Waals surface area contributed by atoms with E-state index in [1.807, 2.05) is 0 Å². The van der Waals surface area contributed by atoms with Gasteiger partial charge in [-0.1, -0.05) is 70.2 Å². The summed E-state index contributed by atoms with van der Waals surface area (Å²) in [5, 5.41) is 0. The molecule has 0 radical (unpaired) electrons. The second kappa shape index (κ2) is 5.96. The number of hydrogen-bond donors (Lipinski definition) is 0. The van der Waals surface area contributed by atoms with E-state index in [-0.39, 0.29) is 19.5 Å². The second-order valence-corrected chi connectivity index (χ2v) is 5.66. The van der Waals surface area contributed by atoms with Crippen LogP contribution in [0, 0.1) is 6.07 Å². The van der Waals surface area contributed by atoms with Gasteiger partial charge in [0.05, 0.1) is 0 Å². The fourth-order valence-corrected chi connectivity index (χ4v) is 3.34. The Labute approximate surface area is 126 Å². The molecule has 62 valence electrons. The molecule has 0 bridgehead atoms. The van der Waals surface area contributed by atoms with E-state index in [1.165, 1.54) is 0 Å². The second-order valence-electron chi connectivity index (χ2n) is 1.69. The summed E-state index contributed by atoms with van der Waals surface area (Å²) in [6, 6.07) is 3.06. The van der Waals surface area contributed by atoms with Crippen LogP contribution in [0.5, 0.6) is 0 Å². The molecule has 0 unspecified atom stereocenters. The van der Waals surface area contributed by atoms with Crippen molar-refractivity contribution in [1.82, 2.24) is 0 Å². The fraction of sp³-hybridized carbons (Fsp3) is 0. The van der Waals surface area contributed by atoms with Crippen LogP contribution in [0.4, 0.5) is 0 Å². The Kier molecular flexibility index (Phi) is 7.08. The average Bonchev–Trinajstić information content (AvgIpc) is 1.97. The predicted octanol–water partition coefficient (Wildman–Crippen LogP) is 5.30. The van der Waals surface area contributed by atoms with Crippen LogP contribution in [0.15, 0.2) is 22.4 Å². The van der Waals surface area contributed by atoms with E-state index in [0.29, 0.717) is 0 Å². The van der Waals surface area contributed by atoms with Crippen molar-refractivity contribution in [3.63, 3.8) is 0 Å². The van der Waals surface area contributed by atoms with Crippen LogP contribution in [-0.2, 0) is 19.5 Å². The van der Waals surface area contributed by atoms with E-state index in [1.54, 1.807) is 0 Å². The van der Waals surface area contributed by atoms with Crippen molar-refractivity contribution in [2.45, 2.75) is 0 Å². The summed E-state index contributed by atoms with van der Waals surface area (Å²) in [4.78, 5) is 0. The largest absolute Gasteiger partial charge is 0.152 e. The normalized spacial score (nSPS) is 9.42. The minimum atomic E-state index is 0. The molecule has 0 amide bonds. The minimum Gasteiger partial charge on any atom is -0.152 e. The van der Waals surface area contributed by atoms with E-state index >= 15 is 0 Å². The molecule has 0 saturated heterocycles. The Morgan fingerprint density at radius 2 is 1.00 bits per heavy atom. The summed E-state index contributed by atoms with van der Waals surface area (Å²) in [6.45, 7) is 0. The van der Waals surface area contributed by atoms with Crippen LogP contribution in [-0.4, -0.2) is 0 Å². The summed E-state index contributed by atoms with van der Waals surface area (Å²) in [5.41, 5.74) is 0. The molecule has 6 heteroatoms. The molecule has 0 aliphatic rings. The minimum absolute atomic E-state index is 0. The number of rotatable bonds is 0. The molecular weight excluding hydrogens is 537 g/mol. The van der Waals surface area contributed by atoms with E-state index in [2.05, 4.69) is 85.7 Å². The molecule has 0 N–H and O–H groups in total. The van der Waals surface area contributed by atoms with Crippen molar-refractivity contribution >= 4 is 79.6 Å². The molecule has 0 saturated carbocycles. The zero-order valence-electron chi connectivity index (χ0n) is 5.60. The Morgan fingerprint density at radius 1 is 0.667 bits per heavy atom. The first-order valence-electron chi connectivity index (χ1n) is 2.44. The SMILES string of the molecule is Brc1[c-]c(Br)c(Br)c(Br)c1Br.[Zn]. The van der Waals surface area contributed by atoms with Gasteiger partial charge in [0.15, 0.2) is 0 Å². The standard InChI is InChI=1S/C6Br5.Zn/c7-2-1-3(8)5(10)6(11)4(2)9;/q-1;. The zero-order chi connectivity index (χ0) is 8.59. The van der Waals surface area contributed by atoms with Crippen LogP contribution in [0.2, 0.25) is 0 Å². The average molecular weight is 537 g/mol. The number of halogens is 5. The van der Waals surface area contributed by atoms with Gasteiger partial charge >= 0.3 is 0 Å². The maximum Gasteiger partial charge on any atom is 0 e. The van der Waals surface area contributed by atoms with Crippen LogP contribution < -0.4 is 0 Å². The van der Waals surface area contributed by atoms with Crippen LogP contribution in [0.25, 0.3) is 0 Å². The topological polar surface area (TPSA) is 0 Å². The Morgan fingerprint density at radius 3 is 1.33 bits per heavy atom. The summed E-state index contributed by atoms with van der Waals surface area (Å²) in [5.74, 6) is 0. The van der Waals surface area contributed by atoms with E-state index in [9.17, 15) is 0 Å². The monoisotopic (exact) mass is 531 g/mol. The molecular formula is C6Br5Zn-. The van der Waals surface area contributed by atoms with Gasteiger partial charge in [-0.15, -0.1) is 31.9 Å². The summed E-state index contributed by atoms with van der Waals surface area (Å²) in [7, 11) is 0. The van der Waals surface area contributed by atoms with Crippen molar-refractivity contribution in [1.29, 1.82) is 0 Å². The third-order valence-electron chi connectivity index (χ3n) is 0.990. The summed E-state index contributed by atoms with van der Waals surface area (Å²) in [6.07, 6.45) is 0. The van der Waals surface area contributed by atoms with Gasteiger partial charge in [-0.2, -0.15) is 6.07 Å². The van der Waals surface area contributed by atoms with Gasteiger partial charge < -0.3 is 0 Å². The van der Waals surface area contributed by atoms with Crippen molar-refractivity contribution in [2.75, 3.05) is 0 Å². The molecule has 1 aromatic carbocycles. The van der Waals surface area contributed by atoms with Crippen LogP contribution in [0.1, 0.15) is 0 Å². The van der Waals surface area contributed by atoms with Gasteiger partial charge in [0.2, 0.25) is 0 Å². The summed E-state index contributed by atoms with van der Waals surface area (Å²) >= 11 is 16.9. The van der Waals surface area contributed by atoms with Crippen molar-refractivity contribution in [3.8, 4) is 0 Å². The molecule has 1 rings (SSSR count).